The Kier molecular flexibility index (Phi) is 7.38. The minimum atomic E-state index is -0.717. The number of nitrogens with one attached hydrogen (secondary N) is 2. The maximum Gasteiger partial charge on any atom is 0.252 e. The molecule has 0 aromatic heterocycles. The molecule has 2 aromatic carbocycles. The van der Waals surface area contributed by atoms with Gasteiger partial charge < -0.3 is 20.3 Å². The van der Waals surface area contributed by atoms with Gasteiger partial charge >= 0.3 is 0 Å². The van der Waals surface area contributed by atoms with Gasteiger partial charge in [0.1, 0.15) is 6.04 Å². The van der Waals surface area contributed by atoms with Gasteiger partial charge in [-0.2, -0.15) is 0 Å². The average Bonchev–Trinajstić information content (AvgIpc) is 2.75. The summed E-state index contributed by atoms with van der Waals surface area (Å²) in [6, 6.07) is 14.6. The van der Waals surface area contributed by atoms with Gasteiger partial charge in [0.2, 0.25) is 5.91 Å². The Morgan fingerprint density at radius 1 is 1.07 bits per heavy atom. The molecule has 2 amide bonds. The summed E-state index contributed by atoms with van der Waals surface area (Å²) >= 11 is 0. The molecule has 1 saturated heterocycles. The Labute approximate surface area is 172 Å². The van der Waals surface area contributed by atoms with Crippen LogP contribution in [0.3, 0.4) is 0 Å². The van der Waals surface area contributed by atoms with E-state index in [0.29, 0.717) is 25.3 Å². The first-order chi connectivity index (χ1) is 14.0. The first-order valence-corrected chi connectivity index (χ1v) is 10.0. The molecule has 1 fully saturated rings. The van der Waals surface area contributed by atoms with Crippen molar-refractivity contribution in [2.24, 2.45) is 0 Å². The number of aryl methyl sites for hydroxylation is 2. The Balaban J connectivity index is 1.67. The lowest BCUT2D eigenvalue weighted by Gasteiger charge is -2.31. The van der Waals surface area contributed by atoms with Crippen LogP contribution < -0.4 is 10.6 Å². The van der Waals surface area contributed by atoms with Crippen LogP contribution in [-0.2, 0) is 16.1 Å². The zero-order chi connectivity index (χ0) is 20.6. The van der Waals surface area contributed by atoms with E-state index in [0.717, 1.165) is 29.8 Å². The third-order valence-corrected chi connectivity index (χ3v) is 5.20. The number of amides is 2. The minimum Gasteiger partial charge on any atom is -0.374 e. The van der Waals surface area contributed by atoms with E-state index in [4.69, 9.17) is 4.74 Å². The van der Waals surface area contributed by atoms with Crippen LogP contribution in [0.2, 0.25) is 0 Å². The average molecular weight is 396 g/mol. The molecule has 0 saturated carbocycles. The lowest BCUT2D eigenvalue weighted by Crippen LogP contribution is -2.55. The van der Waals surface area contributed by atoms with Crippen molar-refractivity contribution in [1.82, 2.24) is 15.5 Å². The highest BCUT2D eigenvalue weighted by molar-refractivity contribution is 5.97. The predicted molar refractivity (Wildman–Crippen MR) is 113 cm³/mol. The number of rotatable bonds is 7. The van der Waals surface area contributed by atoms with Crippen molar-refractivity contribution >= 4 is 11.8 Å². The van der Waals surface area contributed by atoms with Crippen molar-refractivity contribution in [2.45, 2.75) is 26.5 Å². The van der Waals surface area contributed by atoms with Gasteiger partial charge in [-0.1, -0.05) is 36.4 Å². The fraction of sp³-hybridized carbons (Fsp3) is 0.391. The maximum atomic E-state index is 13.0. The molecule has 154 valence electrons. The zero-order valence-corrected chi connectivity index (χ0v) is 17.1. The van der Waals surface area contributed by atoms with Crippen LogP contribution in [-0.4, -0.2) is 55.5 Å². The van der Waals surface area contributed by atoms with Crippen molar-refractivity contribution in [2.75, 3.05) is 32.8 Å². The number of carbonyl (C=O) groups excluding carboxylic acids is 2. The van der Waals surface area contributed by atoms with Gasteiger partial charge in [-0.15, -0.1) is 0 Å². The van der Waals surface area contributed by atoms with E-state index in [1.807, 2.05) is 56.3 Å². The van der Waals surface area contributed by atoms with Crippen LogP contribution in [0.5, 0.6) is 0 Å². The molecule has 0 spiro atoms. The number of nitrogens with zero attached hydrogens (tertiary/aromatic N) is 1. The molecule has 29 heavy (non-hydrogen) atoms. The number of piperazine rings is 1. The quantitative estimate of drug-likeness (QED) is 0.753. The summed E-state index contributed by atoms with van der Waals surface area (Å²) in [6.45, 7) is 7.29. The van der Waals surface area contributed by atoms with E-state index in [-0.39, 0.29) is 18.4 Å². The van der Waals surface area contributed by atoms with Crippen LogP contribution in [0.4, 0.5) is 0 Å². The smallest absolute Gasteiger partial charge is 0.252 e. The Hall–Kier alpha value is -2.70. The molecule has 0 bridgehead atoms. The highest BCUT2D eigenvalue weighted by atomic mass is 16.5. The fourth-order valence-electron chi connectivity index (χ4n) is 3.27. The number of carbonyl (C=O) groups is 2. The van der Waals surface area contributed by atoms with Crippen LogP contribution in [0.25, 0.3) is 0 Å². The molecular weight excluding hydrogens is 366 g/mol. The van der Waals surface area contributed by atoms with Gasteiger partial charge in [-0.25, -0.2) is 0 Å². The van der Waals surface area contributed by atoms with Crippen LogP contribution in [0.15, 0.2) is 48.5 Å². The summed E-state index contributed by atoms with van der Waals surface area (Å²) in [5.74, 6) is -0.360. The van der Waals surface area contributed by atoms with E-state index in [2.05, 4.69) is 10.6 Å². The van der Waals surface area contributed by atoms with Gasteiger partial charge in [0.15, 0.2) is 0 Å². The maximum absolute atomic E-state index is 13.0. The Bertz CT molecular complexity index is 833. The number of hydrogen-bond donors (Lipinski definition) is 2. The summed E-state index contributed by atoms with van der Waals surface area (Å²) < 4.78 is 5.80. The third-order valence-electron chi connectivity index (χ3n) is 5.20. The molecule has 1 aliphatic rings. The predicted octanol–water partition coefficient (Wildman–Crippen LogP) is 2.05. The molecular formula is C23H29N3O3. The van der Waals surface area contributed by atoms with E-state index in [1.165, 1.54) is 0 Å². The van der Waals surface area contributed by atoms with Gasteiger partial charge in [0.25, 0.3) is 5.91 Å². The second-order valence-corrected chi connectivity index (χ2v) is 7.40. The second kappa shape index (κ2) is 10.2. The Morgan fingerprint density at radius 3 is 2.48 bits per heavy atom. The lowest BCUT2D eigenvalue weighted by molar-refractivity contribution is -0.135. The van der Waals surface area contributed by atoms with E-state index in [1.54, 1.807) is 11.0 Å². The molecule has 0 radical (unpaired) electrons. The van der Waals surface area contributed by atoms with Crippen LogP contribution in [0, 0.1) is 13.8 Å². The normalized spacial score (nSPS) is 15.0. The fourth-order valence-corrected chi connectivity index (χ4v) is 3.27. The Morgan fingerprint density at radius 2 is 1.79 bits per heavy atom. The molecule has 1 atom stereocenters. The number of hydrogen-bond acceptors (Lipinski definition) is 4. The summed E-state index contributed by atoms with van der Waals surface area (Å²) in [7, 11) is 0. The summed E-state index contributed by atoms with van der Waals surface area (Å²) in [6.07, 6.45) is 0. The van der Waals surface area contributed by atoms with Gasteiger partial charge in [0.05, 0.1) is 13.2 Å². The molecule has 1 heterocycles. The standard InChI is InChI=1S/C23H29N3O3/c1-17-8-9-20(14-18(17)2)22(27)25-21(23(28)26-12-10-24-11-13-26)16-29-15-19-6-4-3-5-7-19/h3-9,14,21,24H,10-13,15-16H2,1-2H3,(H,25,27)/t21-/m1/s1. The first-order valence-electron chi connectivity index (χ1n) is 10.0. The molecule has 6 heteroatoms. The highest BCUT2D eigenvalue weighted by Gasteiger charge is 2.27. The third kappa shape index (κ3) is 5.89. The lowest BCUT2D eigenvalue weighted by atomic mass is 10.1. The summed E-state index contributed by atoms with van der Waals surface area (Å²) in [5, 5.41) is 6.13. The van der Waals surface area contributed by atoms with Crippen molar-refractivity contribution in [1.29, 1.82) is 0 Å². The van der Waals surface area contributed by atoms with Crippen molar-refractivity contribution in [3.05, 3.63) is 70.8 Å². The topological polar surface area (TPSA) is 70.7 Å². The monoisotopic (exact) mass is 395 g/mol. The van der Waals surface area contributed by atoms with E-state index >= 15 is 0 Å². The van der Waals surface area contributed by atoms with Crippen molar-refractivity contribution < 1.29 is 14.3 Å². The van der Waals surface area contributed by atoms with Crippen LogP contribution >= 0.6 is 0 Å². The first kappa shape index (κ1) is 21.0. The van der Waals surface area contributed by atoms with Gasteiger partial charge in [0, 0.05) is 31.7 Å². The molecule has 0 aliphatic carbocycles. The molecule has 2 N–H and O–H groups in total. The largest absolute Gasteiger partial charge is 0.374 e. The van der Waals surface area contributed by atoms with Gasteiger partial charge in [-0.05, 0) is 42.7 Å². The summed E-state index contributed by atoms with van der Waals surface area (Å²) in [4.78, 5) is 27.6. The number of benzene rings is 2. The second-order valence-electron chi connectivity index (χ2n) is 7.40. The molecule has 1 aliphatic heterocycles. The minimum absolute atomic E-state index is 0.100. The number of ether oxygens (including phenoxy) is 1. The SMILES string of the molecule is Cc1ccc(C(=O)N[C@H](COCc2ccccc2)C(=O)N2CCNCC2)cc1C. The zero-order valence-electron chi connectivity index (χ0n) is 17.1. The highest BCUT2D eigenvalue weighted by Crippen LogP contribution is 2.11. The van der Waals surface area contributed by atoms with Gasteiger partial charge in [-0.3, -0.25) is 9.59 Å². The van der Waals surface area contributed by atoms with E-state index < -0.39 is 6.04 Å². The summed E-state index contributed by atoms with van der Waals surface area (Å²) in [5.41, 5.74) is 3.75. The molecule has 0 unspecified atom stereocenters. The van der Waals surface area contributed by atoms with Crippen molar-refractivity contribution in [3.63, 3.8) is 0 Å². The molecule has 6 nitrogen and oxygen atoms in total. The van der Waals surface area contributed by atoms with E-state index in [9.17, 15) is 9.59 Å². The molecule has 2 aromatic rings. The van der Waals surface area contributed by atoms with Crippen molar-refractivity contribution in [3.8, 4) is 0 Å². The molecule has 3 rings (SSSR count). The van der Waals surface area contributed by atoms with Crippen LogP contribution in [0.1, 0.15) is 27.0 Å².